The molecule has 0 fully saturated rings. The maximum absolute atomic E-state index is 13.2. The first kappa shape index (κ1) is 22.7. The molecule has 170 valence electrons. The summed E-state index contributed by atoms with van der Waals surface area (Å²) in [4.78, 5) is 25.1. The lowest BCUT2D eigenvalue weighted by Crippen LogP contribution is -2.27. The Hall–Kier alpha value is -3.45. The molecule has 4 rings (SSSR count). The number of carbonyl (C=O) groups excluding carboxylic acids is 1. The molecule has 8 heteroatoms. The van der Waals surface area contributed by atoms with Gasteiger partial charge in [-0.2, -0.15) is 5.10 Å². The smallest absolute Gasteiger partial charge is 0.276 e. The zero-order valence-corrected chi connectivity index (χ0v) is 19.1. The number of aromatic nitrogens is 3. The number of nitrogens with one attached hydrogen (secondary N) is 1. The minimum absolute atomic E-state index is 0.0117. The molecular formula is C25H24ClFN4O2. The first-order chi connectivity index (χ1) is 15.8. The van der Waals surface area contributed by atoms with Gasteiger partial charge in [0.15, 0.2) is 0 Å². The molecule has 2 heterocycles. The Morgan fingerprint density at radius 2 is 1.88 bits per heavy atom. The minimum Gasteiger partial charge on any atom is -0.352 e. The van der Waals surface area contributed by atoms with Crippen molar-refractivity contribution in [1.82, 2.24) is 19.5 Å². The number of hydrogen-bond donors (Lipinski definition) is 1. The number of fused-ring (bicyclic) bond motifs is 1. The molecule has 0 saturated carbocycles. The average Bonchev–Trinajstić information content (AvgIpc) is 3.25. The van der Waals surface area contributed by atoms with Crippen LogP contribution >= 0.6 is 11.6 Å². The molecule has 0 saturated heterocycles. The third-order valence-corrected chi connectivity index (χ3v) is 5.82. The SMILES string of the molecule is CC(C)c1ccc(-c2cc3c(=O)n(CCC(=O)NCc4ccc(F)c(Cl)c4)ccn3n2)cc1. The molecule has 1 amide bonds. The number of benzene rings is 2. The topological polar surface area (TPSA) is 68.4 Å². The van der Waals surface area contributed by atoms with E-state index >= 15 is 0 Å². The number of nitrogens with zero attached hydrogens (tertiary/aromatic N) is 3. The maximum Gasteiger partial charge on any atom is 0.276 e. The summed E-state index contributed by atoms with van der Waals surface area (Å²) in [6.07, 6.45) is 3.46. The van der Waals surface area contributed by atoms with E-state index in [1.807, 2.05) is 12.1 Å². The molecule has 2 aromatic heterocycles. The van der Waals surface area contributed by atoms with Gasteiger partial charge in [-0.05, 0) is 35.2 Å². The molecule has 0 spiro atoms. The van der Waals surface area contributed by atoms with Crippen LogP contribution in [0.15, 0.2) is 65.7 Å². The summed E-state index contributed by atoms with van der Waals surface area (Å²) in [5, 5.41) is 7.29. The second-order valence-corrected chi connectivity index (χ2v) is 8.62. The second kappa shape index (κ2) is 9.58. The van der Waals surface area contributed by atoms with Crippen LogP contribution in [-0.4, -0.2) is 20.1 Å². The zero-order chi connectivity index (χ0) is 23.5. The van der Waals surface area contributed by atoms with Crippen LogP contribution in [0.5, 0.6) is 0 Å². The Bertz CT molecular complexity index is 1360. The highest BCUT2D eigenvalue weighted by molar-refractivity contribution is 6.30. The van der Waals surface area contributed by atoms with Gasteiger partial charge in [0.2, 0.25) is 5.91 Å². The van der Waals surface area contributed by atoms with Crippen LogP contribution in [0.25, 0.3) is 16.8 Å². The second-order valence-electron chi connectivity index (χ2n) is 8.21. The van der Waals surface area contributed by atoms with E-state index in [0.717, 1.165) is 11.3 Å². The van der Waals surface area contributed by atoms with E-state index in [-0.39, 0.29) is 36.0 Å². The largest absolute Gasteiger partial charge is 0.352 e. The molecule has 2 aromatic carbocycles. The fourth-order valence-electron chi connectivity index (χ4n) is 3.54. The van der Waals surface area contributed by atoms with Crippen molar-refractivity contribution in [3.63, 3.8) is 0 Å². The Balaban J connectivity index is 1.43. The molecule has 1 N–H and O–H groups in total. The summed E-state index contributed by atoms with van der Waals surface area (Å²) in [5.41, 5.74) is 3.83. The molecule has 0 unspecified atom stereocenters. The van der Waals surface area contributed by atoms with Gasteiger partial charge in [-0.3, -0.25) is 9.59 Å². The molecule has 0 aliphatic heterocycles. The summed E-state index contributed by atoms with van der Waals surface area (Å²) in [5.74, 6) is -0.281. The third-order valence-electron chi connectivity index (χ3n) is 5.53. The molecule has 4 aromatic rings. The van der Waals surface area contributed by atoms with E-state index in [9.17, 15) is 14.0 Å². The molecule has 0 aliphatic rings. The van der Waals surface area contributed by atoms with Gasteiger partial charge >= 0.3 is 0 Å². The highest BCUT2D eigenvalue weighted by Crippen LogP contribution is 2.22. The van der Waals surface area contributed by atoms with Crippen LogP contribution < -0.4 is 10.9 Å². The lowest BCUT2D eigenvalue weighted by molar-refractivity contribution is -0.121. The van der Waals surface area contributed by atoms with Crippen LogP contribution in [0.2, 0.25) is 5.02 Å². The summed E-state index contributed by atoms with van der Waals surface area (Å²) < 4.78 is 16.3. The summed E-state index contributed by atoms with van der Waals surface area (Å²) in [7, 11) is 0. The predicted molar refractivity (Wildman–Crippen MR) is 127 cm³/mol. The molecule has 0 radical (unpaired) electrons. The van der Waals surface area contributed by atoms with Crippen molar-refractivity contribution >= 4 is 23.0 Å². The van der Waals surface area contributed by atoms with Crippen molar-refractivity contribution in [2.24, 2.45) is 0 Å². The highest BCUT2D eigenvalue weighted by Gasteiger charge is 2.11. The minimum atomic E-state index is -0.503. The van der Waals surface area contributed by atoms with Gasteiger partial charge in [-0.1, -0.05) is 55.8 Å². The van der Waals surface area contributed by atoms with Crippen molar-refractivity contribution in [1.29, 1.82) is 0 Å². The van der Waals surface area contributed by atoms with Gasteiger partial charge in [-0.25, -0.2) is 8.91 Å². The zero-order valence-electron chi connectivity index (χ0n) is 18.4. The maximum atomic E-state index is 13.2. The number of amides is 1. The van der Waals surface area contributed by atoms with Crippen LogP contribution in [0.4, 0.5) is 4.39 Å². The van der Waals surface area contributed by atoms with E-state index in [1.165, 1.54) is 22.3 Å². The van der Waals surface area contributed by atoms with Gasteiger partial charge in [0, 0.05) is 37.5 Å². The Morgan fingerprint density at radius 3 is 2.58 bits per heavy atom. The summed E-state index contributed by atoms with van der Waals surface area (Å²) in [6, 6.07) is 14.2. The molecule has 0 aliphatic carbocycles. The number of aryl methyl sites for hydroxylation is 1. The molecule has 6 nitrogen and oxygen atoms in total. The van der Waals surface area contributed by atoms with Crippen molar-refractivity contribution < 1.29 is 9.18 Å². The average molecular weight is 467 g/mol. The normalized spacial score (nSPS) is 11.3. The fraction of sp³-hybridized carbons (Fsp3) is 0.240. The van der Waals surface area contributed by atoms with E-state index in [0.29, 0.717) is 17.0 Å². The van der Waals surface area contributed by atoms with E-state index in [2.05, 4.69) is 36.4 Å². The molecule has 0 bridgehead atoms. The van der Waals surface area contributed by atoms with Crippen LogP contribution in [0.3, 0.4) is 0 Å². The Morgan fingerprint density at radius 1 is 1.12 bits per heavy atom. The molecule has 0 atom stereocenters. The number of halogens is 2. The van der Waals surface area contributed by atoms with Gasteiger partial charge in [0.05, 0.1) is 10.7 Å². The number of hydrogen-bond acceptors (Lipinski definition) is 3. The Labute approximate surface area is 195 Å². The quantitative estimate of drug-likeness (QED) is 0.426. The molecular weight excluding hydrogens is 443 g/mol. The number of carbonyl (C=O) groups is 1. The van der Waals surface area contributed by atoms with E-state index in [1.54, 1.807) is 29.0 Å². The van der Waals surface area contributed by atoms with Gasteiger partial charge in [-0.15, -0.1) is 0 Å². The lowest BCUT2D eigenvalue weighted by atomic mass is 10.0. The van der Waals surface area contributed by atoms with Crippen LogP contribution in [0.1, 0.15) is 37.3 Å². The van der Waals surface area contributed by atoms with Crippen molar-refractivity contribution in [2.75, 3.05) is 0 Å². The van der Waals surface area contributed by atoms with Crippen molar-refractivity contribution in [3.05, 3.63) is 93.2 Å². The fourth-order valence-corrected chi connectivity index (χ4v) is 3.75. The lowest BCUT2D eigenvalue weighted by Gasteiger charge is -2.08. The third kappa shape index (κ3) is 5.14. The summed E-state index contributed by atoms with van der Waals surface area (Å²) in [6.45, 7) is 4.74. The first-order valence-corrected chi connectivity index (χ1v) is 11.1. The predicted octanol–water partition coefficient (Wildman–Crippen LogP) is 4.79. The van der Waals surface area contributed by atoms with Gasteiger partial charge in [0.1, 0.15) is 11.3 Å². The van der Waals surface area contributed by atoms with E-state index < -0.39 is 5.82 Å². The van der Waals surface area contributed by atoms with Gasteiger partial charge < -0.3 is 9.88 Å². The summed E-state index contributed by atoms with van der Waals surface area (Å²) >= 11 is 5.76. The van der Waals surface area contributed by atoms with Gasteiger partial charge in [0.25, 0.3) is 5.56 Å². The highest BCUT2D eigenvalue weighted by atomic mass is 35.5. The van der Waals surface area contributed by atoms with Crippen LogP contribution in [0, 0.1) is 5.82 Å². The van der Waals surface area contributed by atoms with Crippen molar-refractivity contribution in [2.45, 2.75) is 39.3 Å². The van der Waals surface area contributed by atoms with E-state index in [4.69, 9.17) is 11.6 Å². The first-order valence-electron chi connectivity index (χ1n) is 10.7. The standard InChI is InChI=1S/C25H24ClFN4O2/c1-16(2)18-4-6-19(7-5-18)22-14-23-25(33)30(11-12-31(23)29-22)10-9-24(32)28-15-17-3-8-21(27)20(26)13-17/h3-8,11-14,16H,9-10,15H2,1-2H3,(H,28,32). The van der Waals surface area contributed by atoms with Crippen molar-refractivity contribution in [3.8, 4) is 11.3 Å². The van der Waals surface area contributed by atoms with Crippen LogP contribution in [-0.2, 0) is 17.9 Å². The number of rotatable bonds is 7. The Kier molecular flexibility index (Phi) is 6.60. The monoisotopic (exact) mass is 466 g/mol. The molecule has 33 heavy (non-hydrogen) atoms.